The van der Waals surface area contributed by atoms with Crippen molar-refractivity contribution in [1.29, 1.82) is 0 Å². The fourth-order valence-corrected chi connectivity index (χ4v) is 1.83. The number of furan rings is 1. The highest BCUT2D eigenvalue weighted by atomic mass is 16.3. The first-order valence-corrected chi connectivity index (χ1v) is 5.53. The van der Waals surface area contributed by atoms with Gasteiger partial charge in [-0.05, 0) is 30.0 Å². The summed E-state index contributed by atoms with van der Waals surface area (Å²) in [6, 6.07) is 10.5. The van der Waals surface area contributed by atoms with Gasteiger partial charge in [-0.25, -0.2) is 0 Å². The second-order valence-corrected chi connectivity index (χ2v) is 4.06. The van der Waals surface area contributed by atoms with Crippen LogP contribution in [-0.2, 0) is 0 Å². The van der Waals surface area contributed by atoms with Gasteiger partial charge in [-0.2, -0.15) is 0 Å². The maximum atomic E-state index is 5.02. The van der Waals surface area contributed by atoms with E-state index in [1.165, 1.54) is 11.1 Å². The normalized spacial score (nSPS) is 13.1. The van der Waals surface area contributed by atoms with Crippen molar-refractivity contribution >= 4 is 6.08 Å². The Labute approximate surface area is 96.4 Å². The van der Waals surface area contributed by atoms with E-state index in [9.17, 15) is 0 Å². The van der Waals surface area contributed by atoms with Crippen LogP contribution in [-0.4, -0.2) is 0 Å². The smallest absolute Gasteiger partial charge is 0.0974 e. The molecule has 2 rings (SSSR count). The summed E-state index contributed by atoms with van der Waals surface area (Å²) < 4.78 is 5.02. The van der Waals surface area contributed by atoms with Gasteiger partial charge in [0.1, 0.15) is 0 Å². The zero-order valence-electron chi connectivity index (χ0n) is 9.68. The summed E-state index contributed by atoms with van der Waals surface area (Å²) >= 11 is 0. The molecule has 1 heterocycles. The second-order valence-electron chi connectivity index (χ2n) is 4.06. The van der Waals surface area contributed by atoms with Gasteiger partial charge in [0.05, 0.1) is 12.5 Å². The van der Waals surface area contributed by atoms with E-state index in [1.807, 2.05) is 6.07 Å². The largest absolute Gasteiger partial charge is 0.472 e. The van der Waals surface area contributed by atoms with Crippen LogP contribution < -0.4 is 0 Å². The predicted molar refractivity (Wildman–Crippen MR) is 67.3 cm³/mol. The summed E-state index contributed by atoms with van der Waals surface area (Å²) in [4.78, 5) is 0. The van der Waals surface area contributed by atoms with E-state index in [1.54, 1.807) is 12.5 Å². The Balaban J connectivity index is 2.14. The van der Waals surface area contributed by atoms with Crippen LogP contribution in [0.4, 0.5) is 0 Å². The van der Waals surface area contributed by atoms with Crippen molar-refractivity contribution in [3.05, 3.63) is 65.6 Å². The molecule has 0 aliphatic carbocycles. The third-order valence-corrected chi connectivity index (χ3v) is 2.80. The zero-order chi connectivity index (χ0) is 11.4. The Morgan fingerprint density at radius 1 is 1.19 bits per heavy atom. The third kappa shape index (κ3) is 2.43. The summed E-state index contributed by atoms with van der Waals surface area (Å²) in [6.45, 7) is 4.36. The minimum Gasteiger partial charge on any atom is -0.472 e. The lowest BCUT2D eigenvalue weighted by atomic mass is 9.96. The van der Waals surface area contributed by atoms with Crippen molar-refractivity contribution in [3.8, 4) is 0 Å². The number of aryl methyl sites for hydroxylation is 1. The number of hydrogen-bond donors (Lipinski definition) is 0. The first-order valence-electron chi connectivity index (χ1n) is 5.53. The van der Waals surface area contributed by atoms with Crippen LogP contribution in [0.25, 0.3) is 6.08 Å². The molecule has 1 aromatic heterocycles. The van der Waals surface area contributed by atoms with Crippen molar-refractivity contribution in [3.63, 3.8) is 0 Å². The van der Waals surface area contributed by atoms with E-state index >= 15 is 0 Å². The number of benzene rings is 1. The van der Waals surface area contributed by atoms with Crippen molar-refractivity contribution in [2.45, 2.75) is 19.8 Å². The third-order valence-electron chi connectivity index (χ3n) is 2.80. The van der Waals surface area contributed by atoms with Crippen LogP contribution in [0, 0.1) is 6.92 Å². The van der Waals surface area contributed by atoms with Gasteiger partial charge in [-0.3, -0.25) is 0 Å². The van der Waals surface area contributed by atoms with Crippen LogP contribution >= 0.6 is 0 Å². The van der Waals surface area contributed by atoms with Crippen molar-refractivity contribution < 1.29 is 4.42 Å². The first-order chi connectivity index (χ1) is 7.77. The van der Waals surface area contributed by atoms with Crippen molar-refractivity contribution in [2.24, 2.45) is 0 Å². The average Bonchev–Trinajstić information content (AvgIpc) is 2.79. The molecule has 0 saturated heterocycles. The molecule has 0 N–H and O–H groups in total. The summed E-state index contributed by atoms with van der Waals surface area (Å²) in [5, 5.41) is 0. The molecule has 1 atom stereocenters. The summed E-state index contributed by atoms with van der Waals surface area (Å²) in [5.41, 5.74) is 3.83. The van der Waals surface area contributed by atoms with Crippen LogP contribution in [0.15, 0.2) is 53.4 Å². The van der Waals surface area contributed by atoms with E-state index in [2.05, 4.69) is 50.3 Å². The minimum atomic E-state index is 0.427. The van der Waals surface area contributed by atoms with Crippen LogP contribution in [0.1, 0.15) is 29.5 Å². The number of allylic oxidation sites excluding steroid dienone is 1. The van der Waals surface area contributed by atoms with E-state index in [0.29, 0.717) is 5.92 Å². The Kier molecular flexibility index (Phi) is 3.25. The lowest BCUT2D eigenvalue weighted by Gasteiger charge is -2.09. The molecule has 1 heteroatoms. The Morgan fingerprint density at radius 2 is 2.00 bits per heavy atom. The highest BCUT2D eigenvalue weighted by molar-refractivity contribution is 5.49. The molecular formula is C15H16O. The Morgan fingerprint density at radius 3 is 2.69 bits per heavy atom. The maximum absolute atomic E-state index is 5.02. The molecule has 0 saturated carbocycles. The van der Waals surface area contributed by atoms with Gasteiger partial charge in [0.2, 0.25) is 0 Å². The lowest BCUT2D eigenvalue weighted by Crippen LogP contribution is -1.92. The molecule has 16 heavy (non-hydrogen) atoms. The van der Waals surface area contributed by atoms with Crippen LogP contribution in [0.5, 0.6) is 0 Å². The van der Waals surface area contributed by atoms with Crippen LogP contribution in [0.2, 0.25) is 0 Å². The van der Waals surface area contributed by atoms with Gasteiger partial charge in [-0.1, -0.05) is 43.3 Å². The molecular weight excluding hydrogens is 196 g/mol. The highest BCUT2D eigenvalue weighted by Gasteiger charge is 2.03. The van der Waals surface area contributed by atoms with Gasteiger partial charge in [0.25, 0.3) is 0 Å². The molecule has 0 radical (unpaired) electrons. The van der Waals surface area contributed by atoms with Gasteiger partial charge in [0.15, 0.2) is 0 Å². The van der Waals surface area contributed by atoms with Crippen molar-refractivity contribution in [1.82, 2.24) is 0 Å². The summed E-state index contributed by atoms with van der Waals surface area (Å²) in [6.07, 6.45) is 7.74. The average molecular weight is 212 g/mol. The quantitative estimate of drug-likeness (QED) is 0.734. The standard InChI is InChI=1S/C15H16O/c1-12-5-3-4-6-15(12)13(2)7-8-14-9-10-16-11-14/h3-11,13H,1-2H3/b8-7+/t13-/m0/s1. The van der Waals surface area contributed by atoms with Crippen LogP contribution in [0.3, 0.4) is 0 Å². The molecule has 82 valence electrons. The topological polar surface area (TPSA) is 13.1 Å². The lowest BCUT2D eigenvalue weighted by molar-refractivity contribution is 0.567. The molecule has 0 amide bonds. The second kappa shape index (κ2) is 4.84. The first kappa shape index (κ1) is 10.7. The molecule has 0 spiro atoms. The molecule has 0 aliphatic heterocycles. The molecule has 1 aromatic carbocycles. The molecule has 2 aromatic rings. The highest BCUT2D eigenvalue weighted by Crippen LogP contribution is 2.21. The molecule has 0 fully saturated rings. The molecule has 0 bridgehead atoms. The maximum Gasteiger partial charge on any atom is 0.0974 e. The Hall–Kier alpha value is -1.76. The van der Waals surface area contributed by atoms with Gasteiger partial charge in [0, 0.05) is 5.56 Å². The van der Waals surface area contributed by atoms with Gasteiger partial charge >= 0.3 is 0 Å². The van der Waals surface area contributed by atoms with E-state index in [4.69, 9.17) is 4.42 Å². The molecule has 1 nitrogen and oxygen atoms in total. The number of hydrogen-bond acceptors (Lipinski definition) is 1. The summed E-state index contributed by atoms with van der Waals surface area (Å²) in [5.74, 6) is 0.427. The Bertz CT molecular complexity index is 466. The van der Waals surface area contributed by atoms with Gasteiger partial charge in [-0.15, -0.1) is 0 Å². The van der Waals surface area contributed by atoms with E-state index < -0.39 is 0 Å². The SMILES string of the molecule is Cc1ccccc1[C@@H](C)/C=C/c1ccoc1. The number of rotatable bonds is 3. The van der Waals surface area contributed by atoms with Crippen molar-refractivity contribution in [2.75, 3.05) is 0 Å². The van der Waals surface area contributed by atoms with E-state index in [0.717, 1.165) is 5.56 Å². The zero-order valence-corrected chi connectivity index (χ0v) is 9.68. The minimum absolute atomic E-state index is 0.427. The van der Waals surface area contributed by atoms with E-state index in [-0.39, 0.29) is 0 Å². The molecule has 0 unspecified atom stereocenters. The monoisotopic (exact) mass is 212 g/mol. The fraction of sp³-hybridized carbons (Fsp3) is 0.200. The fourth-order valence-electron chi connectivity index (χ4n) is 1.83. The summed E-state index contributed by atoms with van der Waals surface area (Å²) in [7, 11) is 0. The predicted octanol–water partition coefficient (Wildman–Crippen LogP) is 4.40. The molecule has 0 aliphatic rings. The van der Waals surface area contributed by atoms with Gasteiger partial charge < -0.3 is 4.42 Å².